The van der Waals surface area contributed by atoms with Crippen LogP contribution in [0.5, 0.6) is 5.75 Å². The van der Waals surface area contributed by atoms with Crippen molar-refractivity contribution in [1.82, 2.24) is 0 Å². The molecule has 0 radical (unpaired) electrons. The van der Waals surface area contributed by atoms with E-state index in [0.29, 0.717) is 5.75 Å². The number of hydrogen-bond donors (Lipinski definition) is 1. The number of rotatable bonds is 20. The minimum Gasteiger partial charge on any atom is -0.404 e. The second-order valence-electron chi connectivity index (χ2n) is 8.51. The Morgan fingerprint density at radius 3 is 1.53 bits per heavy atom. The van der Waals surface area contributed by atoms with Gasteiger partial charge in [-0.1, -0.05) is 121 Å². The van der Waals surface area contributed by atoms with Crippen LogP contribution in [0.3, 0.4) is 0 Å². The monoisotopic (exact) mass is 440 g/mol. The van der Waals surface area contributed by atoms with Crippen molar-refractivity contribution in [2.75, 3.05) is 6.61 Å². The average molecular weight is 441 g/mol. The third kappa shape index (κ3) is 15.9. The van der Waals surface area contributed by atoms with Gasteiger partial charge in [0.05, 0.1) is 6.61 Å². The predicted octanol–water partition coefficient (Wildman–Crippen LogP) is 8.75. The maximum absolute atomic E-state index is 11.9. The van der Waals surface area contributed by atoms with E-state index in [4.69, 9.17) is 9.05 Å². The summed E-state index contributed by atoms with van der Waals surface area (Å²) in [5.41, 5.74) is 1.07. The first-order valence-electron chi connectivity index (χ1n) is 12.3. The van der Waals surface area contributed by atoms with Gasteiger partial charge in [-0.25, -0.2) is 4.57 Å². The normalized spacial score (nSPS) is 13.3. The van der Waals surface area contributed by atoms with Gasteiger partial charge in [0.15, 0.2) is 0 Å². The van der Waals surface area contributed by atoms with Crippen molar-refractivity contribution in [3.63, 3.8) is 0 Å². The van der Waals surface area contributed by atoms with Crippen LogP contribution in [0.2, 0.25) is 0 Å². The van der Waals surface area contributed by atoms with Crippen molar-refractivity contribution in [2.45, 2.75) is 117 Å². The number of phosphoric ester groups is 1. The second-order valence-corrected chi connectivity index (χ2v) is 9.89. The molecule has 1 aromatic carbocycles. The highest BCUT2D eigenvalue weighted by molar-refractivity contribution is 7.47. The predicted molar refractivity (Wildman–Crippen MR) is 127 cm³/mol. The highest BCUT2D eigenvalue weighted by atomic mass is 31.2. The summed E-state index contributed by atoms with van der Waals surface area (Å²) in [5, 5.41) is 0. The molecule has 0 bridgehead atoms. The molecule has 1 unspecified atom stereocenters. The SMILES string of the molecule is CCCCCCCCCCCCCCCCCCOP(=O)(O)Oc1ccc(C)cc1. The largest absolute Gasteiger partial charge is 0.527 e. The lowest BCUT2D eigenvalue weighted by Gasteiger charge is -2.13. The Bertz CT molecular complexity index is 559. The molecule has 0 saturated heterocycles. The fourth-order valence-corrected chi connectivity index (χ4v) is 4.39. The van der Waals surface area contributed by atoms with E-state index in [9.17, 15) is 9.46 Å². The van der Waals surface area contributed by atoms with Crippen LogP contribution in [0.25, 0.3) is 0 Å². The lowest BCUT2D eigenvalue weighted by Crippen LogP contribution is -1.99. The zero-order valence-corrected chi connectivity index (χ0v) is 20.3. The molecule has 1 rings (SSSR count). The van der Waals surface area contributed by atoms with Gasteiger partial charge < -0.3 is 4.52 Å². The van der Waals surface area contributed by atoms with E-state index in [1.165, 1.54) is 83.5 Å². The molecule has 1 N–H and O–H groups in total. The lowest BCUT2D eigenvalue weighted by molar-refractivity contribution is 0.199. The zero-order chi connectivity index (χ0) is 21.9. The standard InChI is InChI=1S/C25H45O4P/c1-3-4-5-6-7-8-9-10-11-12-13-14-15-16-17-18-23-28-30(26,27)29-25-21-19-24(2)20-22-25/h19-22H,3-18,23H2,1-2H3,(H,26,27). The molecule has 0 spiro atoms. The molecule has 0 aliphatic rings. The molecule has 30 heavy (non-hydrogen) atoms. The molecular weight excluding hydrogens is 395 g/mol. The molecule has 174 valence electrons. The van der Waals surface area contributed by atoms with E-state index >= 15 is 0 Å². The van der Waals surface area contributed by atoms with Gasteiger partial charge in [0.1, 0.15) is 5.75 Å². The Kier molecular flexibility index (Phi) is 16.2. The van der Waals surface area contributed by atoms with Crippen molar-refractivity contribution in [3.8, 4) is 5.75 Å². The summed E-state index contributed by atoms with van der Waals surface area (Å²) >= 11 is 0. The first-order chi connectivity index (χ1) is 14.5. The van der Waals surface area contributed by atoms with Crippen LogP contribution in [-0.4, -0.2) is 11.5 Å². The van der Waals surface area contributed by atoms with Gasteiger partial charge in [0, 0.05) is 0 Å². The Morgan fingerprint density at radius 1 is 0.700 bits per heavy atom. The molecule has 4 nitrogen and oxygen atoms in total. The molecule has 0 heterocycles. The summed E-state index contributed by atoms with van der Waals surface area (Å²) in [6, 6.07) is 7.03. The average Bonchev–Trinajstić information content (AvgIpc) is 2.72. The maximum Gasteiger partial charge on any atom is 0.527 e. The van der Waals surface area contributed by atoms with E-state index in [-0.39, 0.29) is 6.61 Å². The first kappa shape index (κ1) is 27.2. The summed E-state index contributed by atoms with van der Waals surface area (Å²) in [6.45, 7) is 4.49. The van der Waals surface area contributed by atoms with E-state index in [0.717, 1.165) is 24.8 Å². The quantitative estimate of drug-likeness (QED) is 0.163. The molecule has 0 aromatic heterocycles. The molecule has 1 atom stereocenters. The third-order valence-electron chi connectivity index (χ3n) is 5.49. The summed E-state index contributed by atoms with van der Waals surface area (Å²) in [4.78, 5) is 9.77. The summed E-state index contributed by atoms with van der Waals surface area (Å²) < 4.78 is 22.1. The van der Waals surface area contributed by atoms with Crippen molar-refractivity contribution < 1.29 is 18.5 Å². The van der Waals surface area contributed by atoms with Crippen LogP contribution in [0.4, 0.5) is 0 Å². The minimum atomic E-state index is -4.02. The zero-order valence-electron chi connectivity index (χ0n) is 19.4. The summed E-state index contributed by atoms with van der Waals surface area (Å²) in [5.74, 6) is 0.360. The Labute approximate surface area is 185 Å². The second kappa shape index (κ2) is 17.8. The first-order valence-corrected chi connectivity index (χ1v) is 13.8. The van der Waals surface area contributed by atoms with E-state index in [1.54, 1.807) is 12.1 Å². The topological polar surface area (TPSA) is 55.8 Å². The lowest BCUT2D eigenvalue weighted by atomic mass is 10.0. The molecule has 0 aliphatic heterocycles. The van der Waals surface area contributed by atoms with E-state index in [2.05, 4.69) is 6.92 Å². The molecule has 0 amide bonds. The molecule has 0 aliphatic carbocycles. The summed E-state index contributed by atoms with van der Waals surface area (Å²) in [6.07, 6.45) is 20.8. The number of benzene rings is 1. The van der Waals surface area contributed by atoms with Crippen LogP contribution in [0.1, 0.15) is 115 Å². The van der Waals surface area contributed by atoms with Gasteiger partial charge in [-0.05, 0) is 25.5 Å². The Morgan fingerprint density at radius 2 is 1.10 bits per heavy atom. The van der Waals surface area contributed by atoms with Crippen molar-refractivity contribution >= 4 is 7.82 Å². The number of hydrogen-bond acceptors (Lipinski definition) is 3. The Hall–Kier alpha value is -0.830. The van der Waals surface area contributed by atoms with Gasteiger partial charge in [0.2, 0.25) is 0 Å². The van der Waals surface area contributed by atoms with Crippen molar-refractivity contribution in [1.29, 1.82) is 0 Å². The highest BCUT2D eigenvalue weighted by Crippen LogP contribution is 2.43. The van der Waals surface area contributed by atoms with Gasteiger partial charge in [0.25, 0.3) is 0 Å². The molecule has 1 aromatic rings. The van der Waals surface area contributed by atoms with Gasteiger partial charge in [-0.2, -0.15) is 0 Å². The van der Waals surface area contributed by atoms with Gasteiger partial charge in [-0.3, -0.25) is 9.42 Å². The van der Waals surface area contributed by atoms with Crippen LogP contribution in [0.15, 0.2) is 24.3 Å². The van der Waals surface area contributed by atoms with Crippen molar-refractivity contribution in [2.24, 2.45) is 0 Å². The van der Waals surface area contributed by atoms with Gasteiger partial charge >= 0.3 is 7.82 Å². The van der Waals surface area contributed by atoms with Crippen LogP contribution < -0.4 is 4.52 Å². The van der Waals surface area contributed by atoms with Crippen LogP contribution >= 0.6 is 7.82 Å². The van der Waals surface area contributed by atoms with E-state index < -0.39 is 7.82 Å². The highest BCUT2D eigenvalue weighted by Gasteiger charge is 2.22. The number of aryl methyl sites for hydroxylation is 1. The Balaban J connectivity index is 1.85. The summed E-state index contributed by atoms with van der Waals surface area (Å²) in [7, 11) is -4.02. The molecule has 5 heteroatoms. The van der Waals surface area contributed by atoms with Crippen LogP contribution in [-0.2, 0) is 9.09 Å². The fraction of sp³-hybridized carbons (Fsp3) is 0.760. The molecular formula is C25H45O4P. The third-order valence-corrected chi connectivity index (χ3v) is 6.44. The van der Waals surface area contributed by atoms with Gasteiger partial charge in [-0.15, -0.1) is 0 Å². The van der Waals surface area contributed by atoms with Crippen LogP contribution in [0, 0.1) is 6.92 Å². The smallest absolute Gasteiger partial charge is 0.404 e. The maximum atomic E-state index is 11.9. The molecule has 0 fully saturated rings. The van der Waals surface area contributed by atoms with E-state index in [1.807, 2.05) is 19.1 Å². The minimum absolute atomic E-state index is 0.262. The number of unbranched alkanes of at least 4 members (excludes halogenated alkanes) is 15. The van der Waals surface area contributed by atoms with Crippen molar-refractivity contribution in [3.05, 3.63) is 29.8 Å². The number of phosphoric acid groups is 1. The fourth-order valence-electron chi connectivity index (χ4n) is 3.59. The molecule has 0 saturated carbocycles.